The smallest absolute Gasteiger partial charge is 0.339 e. The molecule has 0 atom stereocenters. The molecule has 0 radical (unpaired) electrons. The number of carbonyl (C=O) groups excluding carboxylic acids is 2. The molecule has 0 spiro atoms. The van der Waals surface area contributed by atoms with Gasteiger partial charge < -0.3 is 14.0 Å². The van der Waals surface area contributed by atoms with Gasteiger partial charge in [0, 0.05) is 7.05 Å². The minimum atomic E-state index is -4.14. The zero-order valence-electron chi connectivity index (χ0n) is 15.6. The molecule has 1 aromatic heterocycles. The standard InChI is InChI=1S/C18H16N2O7S2/c1-20-14-7-5-11(9-15(14)28-18(20)23)29(24,25)19-13-8-10(16(21)26-2)4-6-12(13)17(22)27-3/h4-9,19H,1-3H3. The second-order valence-corrected chi connectivity index (χ2v) is 8.58. The van der Waals surface area contributed by atoms with E-state index in [0.717, 1.165) is 18.4 Å². The summed E-state index contributed by atoms with van der Waals surface area (Å²) in [6.07, 6.45) is 0. The second kappa shape index (κ2) is 7.68. The van der Waals surface area contributed by atoms with E-state index in [9.17, 15) is 22.8 Å². The molecule has 0 amide bonds. The van der Waals surface area contributed by atoms with Crippen LogP contribution in [0, 0.1) is 0 Å². The molecule has 0 saturated carbocycles. The second-order valence-electron chi connectivity index (χ2n) is 5.91. The summed E-state index contributed by atoms with van der Waals surface area (Å²) in [5.74, 6) is -1.48. The van der Waals surface area contributed by atoms with Crippen molar-refractivity contribution in [2.45, 2.75) is 4.90 Å². The average molecular weight is 436 g/mol. The zero-order chi connectivity index (χ0) is 21.3. The Labute approximate surface area is 169 Å². The topological polar surface area (TPSA) is 121 Å². The Kier molecular flexibility index (Phi) is 5.44. The Morgan fingerprint density at radius 1 is 1.03 bits per heavy atom. The number of benzene rings is 2. The van der Waals surface area contributed by atoms with Gasteiger partial charge in [0.05, 0.1) is 46.1 Å². The first kappa shape index (κ1) is 20.6. The molecule has 1 heterocycles. The summed E-state index contributed by atoms with van der Waals surface area (Å²) in [6, 6.07) is 8.01. The number of ether oxygens (including phenoxy) is 2. The summed E-state index contributed by atoms with van der Waals surface area (Å²) in [5, 5.41) is 0. The number of rotatable bonds is 5. The van der Waals surface area contributed by atoms with Crippen LogP contribution in [-0.4, -0.2) is 39.1 Å². The van der Waals surface area contributed by atoms with Gasteiger partial charge in [0.15, 0.2) is 0 Å². The summed E-state index contributed by atoms with van der Waals surface area (Å²) >= 11 is 0.916. The Morgan fingerprint density at radius 2 is 1.72 bits per heavy atom. The monoisotopic (exact) mass is 436 g/mol. The molecular formula is C18H16N2O7S2. The number of anilines is 1. The van der Waals surface area contributed by atoms with E-state index in [1.54, 1.807) is 7.05 Å². The molecule has 152 valence electrons. The number of aryl methyl sites for hydroxylation is 1. The van der Waals surface area contributed by atoms with E-state index in [4.69, 9.17) is 0 Å². The summed E-state index contributed by atoms with van der Waals surface area (Å²) in [6.45, 7) is 0. The molecule has 11 heteroatoms. The molecule has 3 rings (SSSR count). The predicted octanol–water partition coefficient (Wildman–Crippen LogP) is 1.97. The third-order valence-electron chi connectivity index (χ3n) is 4.16. The number of thiazole rings is 1. The third-order valence-corrected chi connectivity index (χ3v) is 6.52. The molecule has 2 aromatic carbocycles. The summed E-state index contributed by atoms with van der Waals surface area (Å²) in [5.41, 5.74) is 0.437. The van der Waals surface area contributed by atoms with Crippen LogP contribution in [0.1, 0.15) is 20.7 Å². The lowest BCUT2D eigenvalue weighted by atomic mass is 10.1. The fraction of sp³-hybridized carbons (Fsp3) is 0.167. The van der Waals surface area contributed by atoms with Crippen molar-refractivity contribution in [2.24, 2.45) is 7.05 Å². The maximum absolute atomic E-state index is 12.9. The van der Waals surface area contributed by atoms with Gasteiger partial charge in [-0.3, -0.25) is 9.52 Å². The zero-order valence-corrected chi connectivity index (χ0v) is 17.2. The number of esters is 2. The van der Waals surface area contributed by atoms with Crippen LogP contribution < -0.4 is 9.60 Å². The van der Waals surface area contributed by atoms with Crippen molar-refractivity contribution in [3.05, 3.63) is 57.2 Å². The lowest BCUT2D eigenvalue weighted by Crippen LogP contribution is -2.17. The quantitative estimate of drug-likeness (QED) is 0.607. The van der Waals surface area contributed by atoms with E-state index in [-0.39, 0.29) is 26.6 Å². The largest absolute Gasteiger partial charge is 0.465 e. The Morgan fingerprint density at radius 3 is 2.38 bits per heavy atom. The highest BCUT2D eigenvalue weighted by molar-refractivity contribution is 7.92. The van der Waals surface area contributed by atoms with Crippen molar-refractivity contribution in [1.29, 1.82) is 0 Å². The number of nitrogens with zero attached hydrogens (tertiary/aromatic N) is 1. The average Bonchev–Trinajstić information content (AvgIpc) is 2.99. The number of aromatic nitrogens is 1. The van der Waals surface area contributed by atoms with Crippen LogP contribution >= 0.6 is 11.3 Å². The number of hydrogen-bond acceptors (Lipinski definition) is 8. The minimum Gasteiger partial charge on any atom is -0.465 e. The number of carbonyl (C=O) groups is 2. The molecular weight excluding hydrogens is 420 g/mol. The van der Waals surface area contributed by atoms with E-state index in [1.165, 1.54) is 48.1 Å². The molecule has 0 aliphatic rings. The third kappa shape index (κ3) is 3.87. The van der Waals surface area contributed by atoms with Crippen LogP contribution in [0.15, 0.2) is 46.1 Å². The molecule has 3 aromatic rings. The molecule has 0 fully saturated rings. The highest BCUT2D eigenvalue weighted by atomic mass is 32.2. The van der Waals surface area contributed by atoms with Gasteiger partial charge in [-0.1, -0.05) is 11.3 Å². The fourth-order valence-corrected chi connectivity index (χ4v) is 4.74. The van der Waals surface area contributed by atoms with Gasteiger partial charge in [0.2, 0.25) is 0 Å². The number of fused-ring (bicyclic) bond motifs is 1. The van der Waals surface area contributed by atoms with Crippen LogP contribution in [0.4, 0.5) is 5.69 Å². The summed E-state index contributed by atoms with van der Waals surface area (Å²) in [7, 11) is -0.210. The normalized spacial score (nSPS) is 11.3. The van der Waals surface area contributed by atoms with Gasteiger partial charge in [0.25, 0.3) is 10.0 Å². The first-order valence-corrected chi connectivity index (χ1v) is 10.4. The molecule has 0 aliphatic heterocycles. The van der Waals surface area contributed by atoms with Gasteiger partial charge in [-0.15, -0.1) is 0 Å². The summed E-state index contributed by atoms with van der Waals surface area (Å²) in [4.78, 5) is 35.3. The molecule has 9 nitrogen and oxygen atoms in total. The maximum Gasteiger partial charge on any atom is 0.339 e. The number of hydrogen-bond donors (Lipinski definition) is 1. The van der Waals surface area contributed by atoms with Gasteiger partial charge in [-0.2, -0.15) is 0 Å². The molecule has 0 unspecified atom stereocenters. The Bertz CT molecular complexity index is 1290. The highest BCUT2D eigenvalue weighted by Gasteiger charge is 2.22. The van der Waals surface area contributed by atoms with Gasteiger partial charge in [0.1, 0.15) is 0 Å². The van der Waals surface area contributed by atoms with Crippen LogP contribution in [0.2, 0.25) is 0 Å². The number of nitrogens with one attached hydrogen (secondary N) is 1. The van der Waals surface area contributed by atoms with Crippen LogP contribution in [0.3, 0.4) is 0 Å². The predicted molar refractivity (Wildman–Crippen MR) is 107 cm³/mol. The van der Waals surface area contributed by atoms with E-state index in [2.05, 4.69) is 14.2 Å². The number of methoxy groups -OCH3 is 2. The van der Waals surface area contributed by atoms with Gasteiger partial charge in [-0.25, -0.2) is 18.0 Å². The highest BCUT2D eigenvalue weighted by Crippen LogP contribution is 2.26. The SMILES string of the molecule is COC(=O)c1ccc(C(=O)OC)c(NS(=O)(=O)c2ccc3c(c2)sc(=O)n3C)c1. The molecule has 29 heavy (non-hydrogen) atoms. The van der Waals surface area contributed by atoms with Crippen molar-refractivity contribution >= 4 is 49.2 Å². The maximum atomic E-state index is 12.9. The summed E-state index contributed by atoms with van der Waals surface area (Å²) < 4.78 is 39.3. The van der Waals surface area contributed by atoms with E-state index in [0.29, 0.717) is 10.2 Å². The van der Waals surface area contributed by atoms with E-state index in [1.807, 2.05) is 0 Å². The molecule has 0 saturated heterocycles. The van der Waals surface area contributed by atoms with Crippen LogP contribution in [-0.2, 0) is 26.5 Å². The first-order valence-electron chi connectivity index (χ1n) is 8.11. The first-order chi connectivity index (χ1) is 13.7. The van der Waals surface area contributed by atoms with Gasteiger partial charge >= 0.3 is 16.8 Å². The minimum absolute atomic E-state index is 0.0505. The lowest BCUT2D eigenvalue weighted by Gasteiger charge is -2.13. The van der Waals surface area contributed by atoms with Crippen molar-refractivity contribution in [2.75, 3.05) is 18.9 Å². The molecule has 0 aliphatic carbocycles. The van der Waals surface area contributed by atoms with E-state index < -0.39 is 22.0 Å². The molecule has 0 bridgehead atoms. The van der Waals surface area contributed by atoms with Crippen molar-refractivity contribution in [1.82, 2.24) is 4.57 Å². The fourth-order valence-electron chi connectivity index (χ4n) is 2.65. The van der Waals surface area contributed by atoms with Crippen molar-refractivity contribution in [3.63, 3.8) is 0 Å². The molecule has 1 N–H and O–H groups in total. The van der Waals surface area contributed by atoms with Crippen LogP contribution in [0.25, 0.3) is 10.2 Å². The van der Waals surface area contributed by atoms with Crippen molar-refractivity contribution < 1.29 is 27.5 Å². The van der Waals surface area contributed by atoms with Crippen LogP contribution in [0.5, 0.6) is 0 Å². The lowest BCUT2D eigenvalue weighted by molar-refractivity contribution is 0.0587. The Hall–Kier alpha value is -3.18. The van der Waals surface area contributed by atoms with Gasteiger partial charge in [-0.05, 0) is 36.4 Å². The Balaban J connectivity index is 2.08. The van der Waals surface area contributed by atoms with E-state index >= 15 is 0 Å². The number of sulfonamides is 1. The van der Waals surface area contributed by atoms with Crippen molar-refractivity contribution in [3.8, 4) is 0 Å².